The second-order valence-electron chi connectivity index (χ2n) is 4.62. The molecule has 2 aromatic carbocycles. The lowest BCUT2D eigenvalue weighted by Gasteiger charge is -2.08. The summed E-state index contributed by atoms with van der Waals surface area (Å²) in [6.45, 7) is 3.89. The van der Waals surface area contributed by atoms with E-state index in [4.69, 9.17) is 5.11 Å². The summed E-state index contributed by atoms with van der Waals surface area (Å²) >= 11 is 1.20. The van der Waals surface area contributed by atoms with Gasteiger partial charge in [0.1, 0.15) is 0 Å². The number of carboxylic acids is 1. The summed E-state index contributed by atoms with van der Waals surface area (Å²) in [5.41, 5.74) is 2.04. The number of benzene rings is 2. The van der Waals surface area contributed by atoms with Crippen LogP contribution in [-0.2, 0) is 0 Å². The molecule has 1 N–H and O–H groups in total. The van der Waals surface area contributed by atoms with Crippen molar-refractivity contribution in [3.8, 4) is 0 Å². The molecule has 0 saturated carbocycles. The zero-order chi connectivity index (χ0) is 15.6. The highest BCUT2D eigenvalue weighted by Gasteiger charge is 2.18. The van der Waals surface area contributed by atoms with Crippen LogP contribution in [0.15, 0.2) is 46.2 Å². The molecule has 0 saturated heterocycles. The lowest BCUT2D eigenvalue weighted by molar-refractivity contribution is -0.387. The van der Waals surface area contributed by atoms with Gasteiger partial charge in [-0.05, 0) is 37.6 Å². The van der Waals surface area contributed by atoms with Gasteiger partial charge in [0.05, 0.1) is 15.4 Å². The number of hydrogen-bond acceptors (Lipinski definition) is 4. The first-order valence-corrected chi connectivity index (χ1v) is 6.97. The normalized spacial score (nSPS) is 10.4. The molecule has 2 aromatic rings. The summed E-state index contributed by atoms with van der Waals surface area (Å²) in [4.78, 5) is 22.8. The molecular weight excluding hydrogens is 290 g/mol. The van der Waals surface area contributed by atoms with E-state index in [1.165, 1.54) is 30.0 Å². The fourth-order valence-electron chi connectivity index (χ4n) is 1.91. The minimum Gasteiger partial charge on any atom is -0.478 e. The summed E-state index contributed by atoms with van der Waals surface area (Å²) < 4.78 is 0. The van der Waals surface area contributed by atoms with Crippen LogP contribution in [0.4, 0.5) is 5.69 Å². The van der Waals surface area contributed by atoms with E-state index in [0.29, 0.717) is 4.90 Å². The Morgan fingerprint density at radius 2 is 1.86 bits per heavy atom. The van der Waals surface area contributed by atoms with E-state index < -0.39 is 10.9 Å². The zero-order valence-electron chi connectivity index (χ0n) is 11.5. The minimum atomic E-state index is -1.10. The van der Waals surface area contributed by atoms with Gasteiger partial charge in [-0.3, -0.25) is 10.1 Å². The highest BCUT2D eigenvalue weighted by atomic mass is 32.2. The Morgan fingerprint density at radius 3 is 2.43 bits per heavy atom. The van der Waals surface area contributed by atoms with Gasteiger partial charge in [-0.1, -0.05) is 29.5 Å². The molecule has 0 radical (unpaired) electrons. The molecule has 5 nitrogen and oxygen atoms in total. The molecule has 0 spiro atoms. The molecule has 0 aromatic heterocycles. The van der Waals surface area contributed by atoms with E-state index in [-0.39, 0.29) is 11.3 Å². The van der Waals surface area contributed by atoms with Gasteiger partial charge in [-0.2, -0.15) is 0 Å². The largest absolute Gasteiger partial charge is 0.478 e. The van der Waals surface area contributed by atoms with Crippen LogP contribution in [0, 0.1) is 24.0 Å². The minimum absolute atomic E-state index is 0.0351. The first-order valence-electron chi connectivity index (χ1n) is 6.15. The molecule has 0 aliphatic carbocycles. The Kier molecular flexibility index (Phi) is 4.28. The van der Waals surface area contributed by atoms with Crippen LogP contribution < -0.4 is 0 Å². The van der Waals surface area contributed by atoms with Gasteiger partial charge in [-0.25, -0.2) is 4.79 Å². The van der Waals surface area contributed by atoms with E-state index >= 15 is 0 Å². The van der Waals surface area contributed by atoms with E-state index in [0.717, 1.165) is 16.0 Å². The molecule has 0 atom stereocenters. The third kappa shape index (κ3) is 3.41. The maximum Gasteiger partial charge on any atom is 0.335 e. The van der Waals surface area contributed by atoms with Gasteiger partial charge in [0.2, 0.25) is 0 Å². The van der Waals surface area contributed by atoms with Gasteiger partial charge in [0.25, 0.3) is 5.69 Å². The summed E-state index contributed by atoms with van der Waals surface area (Å²) in [5, 5.41) is 20.1. The predicted molar refractivity (Wildman–Crippen MR) is 80.1 cm³/mol. The van der Waals surface area contributed by atoms with Crippen molar-refractivity contribution >= 4 is 23.4 Å². The Morgan fingerprint density at radius 1 is 1.14 bits per heavy atom. The molecule has 0 heterocycles. The highest BCUT2D eigenvalue weighted by Crippen LogP contribution is 2.37. The molecule has 0 aliphatic rings. The molecule has 2 rings (SSSR count). The maximum absolute atomic E-state index is 11.1. The van der Waals surface area contributed by atoms with Crippen molar-refractivity contribution in [1.29, 1.82) is 0 Å². The van der Waals surface area contributed by atoms with Crippen molar-refractivity contribution in [3.05, 3.63) is 63.2 Å². The summed E-state index contributed by atoms with van der Waals surface area (Å²) in [5.74, 6) is -1.10. The fraction of sp³-hybridized carbons (Fsp3) is 0.133. The Hall–Kier alpha value is -2.34. The molecule has 0 bridgehead atoms. The third-order valence-corrected chi connectivity index (χ3v) is 4.18. The SMILES string of the molecule is Cc1ccc(Sc2cc(C(=O)O)ccc2[N+](=O)[O-])c(C)c1. The van der Waals surface area contributed by atoms with Crippen LogP contribution >= 0.6 is 11.8 Å². The quantitative estimate of drug-likeness (QED) is 0.680. The Bertz CT molecular complexity index is 728. The Balaban J connectivity index is 2.48. The second-order valence-corrected chi connectivity index (χ2v) is 5.70. The van der Waals surface area contributed by atoms with Gasteiger partial charge >= 0.3 is 5.97 Å². The average Bonchev–Trinajstić information content (AvgIpc) is 2.41. The molecule has 108 valence electrons. The first-order chi connectivity index (χ1) is 9.88. The number of carboxylic acid groups (broad SMARTS) is 1. The summed E-state index contributed by atoms with van der Waals surface area (Å²) in [6.07, 6.45) is 0. The van der Waals surface area contributed by atoms with E-state index in [1.54, 1.807) is 0 Å². The number of aromatic carboxylic acids is 1. The molecular formula is C15H13NO4S. The molecule has 0 fully saturated rings. The van der Waals surface area contributed by atoms with Crippen LogP contribution in [0.5, 0.6) is 0 Å². The Labute approximate surface area is 125 Å². The van der Waals surface area contributed by atoms with Crippen molar-refractivity contribution in [2.45, 2.75) is 23.6 Å². The molecule has 0 aliphatic heterocycles. The first kappa shape index (κ1) is 15.1. The second kappa shape index (κ2) is 5.97. The summed E-state index contributed by atoms with van der Waals surface area (Å²) in [6, 6.07) is 9.59. The van der Waals surface area contributed by atoms with Crippen molar-refractivity contribution < 1.29 is 14.8 Å². The number of rotatable bonds is 4. The summed E-state index contributed by atoms with van der Waals surface area (Å²) in [7, 11) is 0. The number of nitro groups is 1. The topological polar surface area (TPSA) is 80.4 Å². The van der Waals surface area contributed by atoms with E-state index in [2.05, 4.69) is 0 Å². The fourth-order valence-corrected chi connectivity index (χ4v) is 2.94. The van der Waals surface area contributed by atoms with Crippen LogP contribution in [0.2, 0.25) is 0 Å². The number of nitrogens with zero attached hydrogens (tertiary/aromatic N) is 1. The van der Waals surface area contributed by atoms with Crippen LogP contribution in [0.3, 0.4) is 0 Å². The molecule has 0 unspecified atom stereocenters. The highest BCUT2D eigenvalue weighted by molar-refractivity contribution is 7.99. The number of hydrogen-bond donors (Lipinski definition) is 1. The van der Waals surface area contributed by atoms with Crippen molar-refractivity contribution in [1.82, 2.24) is 0 Å². The lowest BCUT2D eigenvalue weighted by atomic mass is 10.2. The predicted octanol–water partition coefficient (Wildman–Crippen LogP) is 4.06. The number of aryl methyl sites for hydroxylation is 2. The van der Waals surface area contributed by atoms with Crippen molar-refractivity contribution in [2.24, 2.45) is 0 Å². The van der Waals surface area contributed by atoms with E-state index in [9.17, 15) is 14.9 Å². The van der Waals surface area contributed by atoms with Crippen LogP contribution in [0.1, 0.15) is 21.5 Å². The maximum atomic E-state index is 11.1. The molecule has 21 heavy (non-hydrogen) atoms. The third-order valence-electron chi connectivity index (χ3n) is 2.95. The van der Waals surface area contributed by atoms with Crippen LogP contribution in [0.25, 0.3) is 0 Å². The number of nitro benzene ring substituents is 1. The van der Waals surface area contributed by atoms with Crippen molar-refractivity contribution in [3.63, 3.8) is 0 Å². The van der Waals surface area contributed by atoms with Gasteiger partial charge in [0.15, 0.2) is 0 Å². The molecule has 6 heteroatoms. The van der Waals surface area contributed by atoms with Gasteiger partial charge in [-0.15, -0.1) is 0 Å². The van der Waals surface area contributed by atoms with Gasteiger partial charge in [0, 0.05) is 11.0 Å². The lowest BCUT2D eigenvalue weighted by Crippen LogP contribution is -1.98. The van der Waals surface area contributed by atoms with Crippen LogP contribution in [-0.4, -0.2) is 16.0 Å². The van der Waals surface area contributed by atoms with Crippen molar-refractivity contribution in [2.75, 3.05) is 0 Å². The molecule has 0 amide bonds. The standard InChI is InChI=1S/C15H13NO4S/c1-9-3-6-13(10(2)7-9)21-14-8-11(15(17)18)4-5-12(14)16(19)20/h3-8H,1-2H3,(H,17,18). The van der Waals surface area contributed by atoms with Gasteiger partial charge < -0.3 is 5.11 Å². The monoisotopic (exact) mass is 303 g/mol. The number of carbonyl (C=O) groups is 1. The van der Waals surface area contributed by atoms with E-state index in [1.807, 2.05) is 32.0 Å². The zero-order valence-corrected chi connectivity index (χ0v) is 12.3. The smallest absolute Gasteiger partial charge is 0.335 e. The average molecular weight is 303 g/mol.